The first-order valence-corrected chi connectivity index (χ1v) is 5.13. The molecule has 72 valence electrons. The van der Waals surface area contributed by atoms with Crippen molar-refractivity contribution < 1.29 is 0 Å². The van der Waals surface area contributed by atoms with Gasteiger partial charge in [0.1, 0.15) is 17.1 Å². The number of rotatable bonds is 1. The minimum Gasteiger partial charge on any atom is -0.329 e. The van der Waals surface area contributed by atoms with Gasteiger partial charge < -0.3 is 4.57 Å². The first kappa shape index (κ1) is 8.24. The summed E-state index contributed by atoms with van der Waals surface area (Å²) >= 11 is 6.04. The maximum Gasteiger partial charge on any atom is 0.145 e. The molecule has 3 nitrogen and oxygen atoms in total. The van der Waals surface area contributed by atoms with E-state index in [0.717, 1.165) is 16.6 Å². The van der Waals surface area contributed by atoms with Crippen LogP contribution in [0.4, 0.5) is 0 Å². The van der Waals surface area contributed by atoms with Crippen molar-refractivity contribution in [3.8, 4) is 0 Å². The van der Waals surface area contributed by atoms with E-state index in [-0.39, 0.29) is 0 Å². The predicted molar refractivity (Wildman–Crippen MR) is 55.5 cm³/mol. The van der Waals surface area contributed by atoms with Crippen LogP contribution in [0.3, 0.4) is 0 Å². The Morgan fingerprint density at radius 1 is 1.43 bits per heavy atom. The van der Waals surface area contributed by atoms with Crippen LogP contribution in [0.1, 0.15) is 24.4 Å². The summed E-state index contributed by atoms with van der Waals surface area (Å²) in [5.74, 6) is 0. The molecule has 2 aromatic rings. The van der Waals surface area contributed by atoms with Gasteiger partial charge in [0.15, 0.2) is 0 Å². The third-order valence-corrected chi connectivity index (χ3v) is 2.98. The Kier molecular flexibility index (Phi) is 1.59. The van der Waals surface area contributed by atoms with Gasteiger partial charge in [-0.05, 0) is 25.3 Å². The van der Waals surface area contributed by atoms with Crippen LogP contribution in [0.25, 0.3) is 11.0 Å². The van der Waals surface area contributed by atoms with Crippen molar-refractivity contribution in [1.29, 1.82) is 0 Å². The van der Waals surface area contributed by atoms with E-state index in [4.69, 9.17) is 11.6 Å². The molecule has 3 rings (SSSR count). The highest BCUT2D eigenvalue weighted by Gasteiger charge is 2.26. The molecule has 0 atom stereocenters. The van der Waals surface area contributed by atoms with Crippen LogP contribution in [0.15, 0.2) is 12.5 Å². The Morgan fingerprint density at radius 2 is 2.21 bits per heavy atom. The van der Waals surface area contributed by atoms with E-state index in [9.17, 15) is 0 Å². The zero-order valence-corrected chi connectivity index (χ0v) is 8.62. The van der Waals surface area contributed by atoms with Gasteiger partial charge in [-0.2, -0.15) is 0 Å². The van der Waals surface area contributed by atoms with Crippen LogP contribution in [-0.2, 0) is 0 Å². The highest BCUT2D eigenvalue weighted by atomic mass is 35.5. The number of fused-ring (bicyclic) bond motifs is 1. The highest BCUT2D eigenvalue weighted by molar-refractivity contribution is 6.34. The smallest absolute Gasteiger partial charge is 0.145 e. The SMILES string of the molecule is Cc1cn(C2CC2)c2ncnc(Cl)c12. The summed E-state index contributed by atoms with van der Waals surface area (Å²) in [4.78, 5) is 8.29. The topological polar surface area (TPSA) is 30.7 Å². The Morgan fingerprint density at radius 3 is 2.93 bits per heavy atom. The number of aromatic nitrogens is 3. The fourth-order valence-corrected chi connectivity index (χ4v) is 2.13. The summed E-state index contributed by atoms with van der Waals surface area (Å²) in [6.45, 7) is 2.05. The molecule has 2 heterocycles. The molecule has 0 aromatic carbocycles. The summed E-state index contributed by atoms with van der Waals surface area (Å²) in [5, 5.41) is 1.56. The van der Waals surface area contributed by atoms with E-state index < -0.39 is 0 Å². The Bertz CT molecular complexity index is 499. The second-order valence-corrected chi connectivity index (χ2v) is 4.17. The fourth-order valence-electron chi connectivity index (χ4n) is 1.86. The molecule has 0 radical (unpaired) electrons. The standard InChI is InChI=1S/C10H10ClN3/c1-6-4-14(7-2-3-7)10-8(6)9(11)12-5-13-10/h4-5,7H,2-3H2,1H3. The van der Waals surface area contributed by atoms with Gasteiger partial charge in [0.2, 0.25) is 0 Å². The van der Waals surface area contributed by atoms with Gasteiger partial charge in [-0.3, -0.25) is 0 Å². The quantitative estimate of drug-likeness (QED) is 0.674. The monoisotopic (exact) mass is 207 g/mol. The zero-order valence-electron chi connectivity index (χ0n) is 7.87. The lowest BCUT2D eigenvalue weighted by molar-refractivity contribution is 0.763. The van der Waals surface area contributed by atoms with E-state index in [1.165, 1.54) is 19.2 Å². The Labute approximate surface area is 86.7 Å². The van der Waals surface area contributed by atoms with Crippen LogP contribution in [0.5, 0.6) is 0 Å². The molecule has 0 amide bonds. The Hall–Kier alpha value is -1.09. The molecule has 0 spiro atoms. The first-order chi connectivity index (χ1) is 6.77. The minimum absolute atomic E-state index is 0.562. The molecule has 2 aromatic heterocycles. The van der Waals surface area contributed by atoms with Gasteiger partial charge in [0.25, 0.3) is 0 Å². The van der Waals surface area contributed by atoms with Crippen LogP contribution in [0.2, 0.25) is 5.15 Å². The van der Waals surface area contributed by atoms with Crippen molar-refractivity contribution in [2.24, 2.45) is 0 Å². The van der Waals surface area contributed by atoms with Crippen molar-refractivity contribution in [2.75, 3.05) is 0 Å². The third-order valence-electron chi connectivity index (χ3n) is 2.69. The average molecular weight is 208 g/mol. The van der Waals surface area contributed by atoms with E-state index in [0.29, 0.717) is 11.2 Å². The molecule has 1 saturated carbocycles. The lowest BCUT2D eigenvalue weighted by Crippen LogP contribution is -1.93. The van der Waals surface area contributed by atoms with Gasteiger partial charge in [-0.25, -0.2) is 9.97 Å². The van der Waals surface area contributed by atoms with Gasteiger partial charge in [0, 0.05) is 12.2 Å². The maximum atomic E-state index is 6.04. The fraction of sp³-hybridized carbons (Fsp3) is 0.400. The molecule has 0 unspecified atom stereocenters. The largest absolute Gasteiger partial charge is 0.329 e. The van der Waals surface area contributed by atoms with E-state index >= 15 is 0 Å². The number of hydrogen-bond donors (Lipinski definition) is 0. The molecule has 0 bridgehead atoms. The molecular weight excluding hydrogens is 198 g/mol. The van der Waals surface area contributed by atoms with Crippen molar-refractivity contribution in [3.05, 3.63) is 23.2 Å². The third kappa shape index (κ3) is 1.05. The van der Waals surface area contributed by atoms with Gasteiger partial charge in [-0.1, -0.05) is 11.6 Å². The predicted octanol–water partition coefficient (Wildman–Crippen LogP) is 2.73. The second-order valence-electron chi connectivity index (χ2n) is 3.81. The molecule has 0 N–H and O–H groups in total. The second kappa shape index (κ2) is 2.70. The van der Waals surface area contributed by atoms with Gasteiger partial charge >= 0.3 is 0 Å². The number of halogens is 1. The molecule has 1 aliphatic carbocycles. The van der Waals surface area contributed by atoms with Crippen molar-refractivity contribution in [2.45, 2.75) is 25.8 Å². The summed E-state index contributed by atoms with van der Waals surface area (Å²) in [6.07, 6.45) is 6.17. The molecule has 1 fully saturated rings. The summed E-state index contributed by atoms with van der Waals surface area (Å²) in [7, 11) is 0. The van der Waals surface area contributed by atoms with E-state index in [1.54, 1.807) is 0 Å². The van der Waals surface area contributed by atoms with Crippen molar-refractivity contribution in [1.82, 2.24) is 14.5 Å². The number of nitrogens with zero attached hydrogens (tertiary/aromatic N) is 3. The molecule has 0 aliphatic heterocycles. The van der Waals surface area contributed by atoms with Crippen molar-refractivity contribution in [3.63, 3.8) is 0 Å². The lowest BCUT2D eigenvalue weighted by atomic mass is 10.3. The molecule has 14 heavy (non-hydrogen) atoms. The van der Waals surface area contributed by atoms with Gasteiger partial charge in [0.05, 0.1) is 5.39 Å². The normalized spacial score (nSPS) is 16.4. The van der Waals surface area contributed by atoms with Crippen molar-refractivity contribution >= 4 is 22.6 Å². The average Bonchev–Trinajstić information content (AvgIpc) is 2.93. The number of aryl methyl sites for hydroxylation is 1. The van der Waals surface area contributed by atoms with Crippen LogP contribution >= 0.6 is 11.6 Å². The lowest BCUT2D eigenvalue weighted by Gasteiger charge is -2.00. The van der Waals surface area contributed by atoms with E-state index in [2.05, 4.69) is 27.7 Å². The molecule has 4 heteroatoms. The summed E-state index contributed by atoms with van der Waals surface area (Å²) in [6, 6.07) is 0.636. The Balaban J connectivity index is 2.37. The number of hydrogen-bond acceptors (Lipinski definition) is 2. The van der Waals surface area contributed by atoms with E-state index in [1.807, 2.05) is 0 Å². The van der Waals surface area contributed by atoms with Gasteiger partial charge in [-0.15, -0.1) is 0 Å². The molecule has 1 aliphatic rings. The van der Waals surface area contributed by atoms with Crippen LogP contribution < -0.4 is 0 Å². The molecule has 0 saturated heterocycles. The van der Waals surface area contributed by atoms with Crippen LogP contribution in [0, 0.1) is 6.92 Å². The zero-order chi connectivity index (χ0) is 9.71. The maximum absolute atomic E-state index is 6.04. The van der Waals surface area contributed by atoms with Crippen LogP contribution in [-0.4, -0.2) is 14.5 Å². The minimum atomic E-state index is 0.562. The summed E-state index contributed by atoms with van der Waals surface area (Å²) in [5.41, 5.74) is 2.14. The summed E-state index contributed by atoms with van der Waals surface area (Å²) < 4.78 is 2.22. The highest BCUT2D eigenvalue weighted by Crippen LogP contribution is 2.39. The molecular formula is C10H10ClN3. The first-order valence-electron chi connectivity index (χ1n) is 4.75.